The van der Waals surface area contributed by atoms with Crippen LogP contribution in [-0.2, 0) is 16.6 Å². The minimum absolute atomic E-state index is 0.0675. The van der Waals surface area contributed by atoms with Crippen LogP contribution in [0.25, 0.3) is 0 Å². The maximum absolute atomic E-state index is 13.0. The van der Waals surface area contributed by atoms with Crippen molar-refractivity contribution in [3.8, 4) is 5.75 Å². The number of nitro benzene ring substituents is 1. The number of non-ortho nitro benzene ring substituents is 1. The molecule has 2 aromatic rings. The number of ether oxygens (including phenoxy) is 1. The van der Waals surface area contributed by atoms with Crippen molar-refractivity contribution in [3.63, 3.8) is 0 Å². The fraction of sp³-hybridized carbons (Fsp3) is 0.200. The minimum Gasteiger partial charge on any atom is -0.495 e. The Morgan fingerprint density at radius 2 is 2.12 bits per heavy atom. The lowest BCUT2D eigenvalue weighted by Crippen LogP contribution is -2.30. The Hall–Kier alpha value is -1.94. The summed E-state index contributed by atoms with van der Waals surface area (Å²) in [6.07, 6.45) is 1.46. The predicted molar refractivity (Wildman–Crippen MR) is 96.8 cm³/mol. The first-order chi connectivity index (χ1) is 11.8. The van der Waals surface area contributed by atoms with Crippen molar-refractivity contribution in [2.24, 2.45) is 0 Å². The third-order valence-corrected chi connectivity index (χ3v) is 6.34. The molecule has 0 fully saturated rings. The Labute approximate surface area is 154 Å². The summed E-state index contributed by atoms with van der Waals surface area (Å²) in [7, 11) is -2.70. The van der Waals surface area contributed by atoms with E-state index in [4.69, 9.17) is 16.3 Å². The van der Waals surface area contributed by atoms with Crippen LogP contribution in [0.3, 0.4) is 0 Å². The van der Waals surface area contributed by atoms with Gasteiger partial charge < -0.3 is 4.74 Å². The molecule has 1 aromatic heterocycles. The van der Waals surface area contributed by atoms with Gasteiger partial charge in [-0.2, -0.15) is 4.31 Å². The normalized spacial score (nSPS) is 11.5. The van der Waals surface area contributed by atoms with Gasteiger partial charge in [0.1, 0.15) is 10.6 Å². The molecule has 0 bridgehead atoms. The first-order valence-electron chi connectivity index (χ1n) is 6.97. The molecule has 0 N–H and O–H groups in total. The molecule has 2 rings (SSSR count). The van der Waals surface area contributed by atoms with E-state index < -0.39 is 14.9 Å². The molecule has 0 atom stereocenters. The molecule has 0 saturated carbocycles. The fourth-order valence-electron chi connectivity index (χ4n) is 2.12. The Bertz CT molecular complexity index is 895. The van der Waals surface area contributed by atoms with Crippen LogP contribution < -0.4 is 4.74 Å². The second-order valence-electron chi connectivity index (χ2n) is 4.88. The summed E-state index contributed by atoms with van der Waals surface area (Å²) >= 11 is 7.17. The molecule has 0 amide bonds. The van der Waals surface area contributed by atoms with E-state index in [1.807, 2.05) is 0 Å². The van der Waals surface area contributed by atoms with Crippen molar-refractivity contribution < 1.29 is 18.1 Å². The zero-order valence-electron chi connectivity index (χ0n) is 13.2. The zero-order valence-corrected chi connectivity index (χ0v) is 15.6. The van der Waals surface area contributed by atoms with Crippen molar-refractivity contribution in [2.45, 2.75) is 11.4 Å². The molecule has 25 heavy (non-hydrogen) atoms. The molecule has 0 aliphatic carbocycles. The number of thiophene rings is 1. The average molecular weight is 403 g/mol. The number of nitro groups is 1. The summed E-state index contributed by atoms with van der Waals surface area (Å²) in [6, 6.07) is 6.81. The number of halogens is 1. The lowest BCUT2D eigenvalue weighted by Gasteiger charge is -2.21. The molecule has 1 aromatic carbocycles. The van der Waals surface area contributed by atoms with Crippen LogP contribution in [0, 0.1) is 10.1 Å². The number of hydrogen-bond donors (Lipinski definition) is 0. The summed E-state index contributed by atoms with van der Waals surface area (Å²) in [5.74, 6) is -0.0903. The van der Waals surface area contributed by atoms with Gasteiger partial charge in [0.05, 0.1) is 22.4 Å². The SMILES string of the molecule is C=CCN(Cc1ccc(Cl)s1)S(=O)(=O)c1ccc([N+](=O)[O-])cc1OC. The number of sulfonamides is 1. The molecule has 0 saturated heterocycles. The van der Waals surface area contributed by atoms with E-state index in [1.54, 1.807) is 12.1 Å². The molecular weight excluding hydrogens is 388 g/mol. The highest BCUT2D eigenvalue weighted by molar-refractivity contribution is 7.89. The number of benzene rings is 1. The summed E-state index contributed by atoms with van der Waals surface area (Å²) < 4.78 is 32.8. The van der Waals surface area contributed by atoms with Crippen LogP contribution in [0.5, 0.6) is 5.75 Å². The van der Waals surface area contributed by atoms with Gasteiger partial charge >= 0.3 is 0 Å². The van der Waals surface area contributed by atoms with Gasteiger partial charge in [0.2, 0.25) is 10.0 Å². The maximum Gasteiger partial charge on any atom is 0.273 e. The molecule has 0 spiro atoms. The summed E-state index contributed by atoms with van der Waals surface area (Å²) in [5, 5.41) is 10.9. The van der Waals surface area contributed by atoms with E-state index in [0.717, 1.165) is 17.0 Å². The Balaban J connectivity index is 2.45. The van der Waals surface area contributed by atoms with Crippen LogP contribution in [0.4, 0.5) is 5.69 Å². The predicted octanol–water partition coefficient (Wildman–Crippen LogP) is 3.70. The smallest absolute Gasteiger partial charge is 0.273 e. The Kier molecular flexibility index (Phi) is 6.17. The first-order valence-corrected chi connectivity index (χ1v) is 9.60. The Morgan fingerprint density at radius 3 is 2.64 bits per heavy atom. The highest BCUT2D eigenvalue weighted by Gasteiger charge is 2.29. The van der Waals surface area contributed by atoms with Crippen LogP contribution >= 0.6 is 22.9 Å². The number of hydrogen-bond acceptors (Lipinski definition) is 6. The molecule has 134 valence electrons. The molecule has 0 aliphatic rings. The van der Waals surface area contributed by atoms with Crippen LogP contribution in [0.15, 0.2) is 47.9 Å². The first kappa shape index (κ1) is 19.4. The molecule has 0 unspecified atom stereocenters. The van der Waals surface area contributed by atoms with E-state index in [1.165, 1.54) is 34.9 Å². The van der Waals surface area contributed by atoms with Crippen LogP contribution in [0.1, 0.15) is 4.88 Å². The highest BCUT2D eigenvalue weighted by Crippen LogP contribution is 2.32. The van der Waals surface area contributed by atoms with Crippen molar-refractivity contribution >= 4 is 38.6 Å². The number of methoxy groups -OCH3 is 1. The van der Waals surface area contributed by atoms with Gasteiger partial charge in [-0.05, 0) is 18.2 Å². The van der Waals surface area contributed by atoms with E-state index in [9.17, 15) is 18.5 Å². The summed E-state index contributed by atoms with van der Waals surface area (Å²) in [6.45, 7) is 3.76. The number of nitrogens with zero attached hydrogens (tertiary/aromatic N) is 2. The standard InChI is InChI=1S/C15H15ClN2O5S2/c1-3-8-17(10-12-5-7-15(16)24-12)25(21,22)14-6-4-11(18(19)20)9-13(14)23-2/h3-7,9H,1,8,10H2,2H3. The van der Waals surface area contributed by atoms with Gasteiger partial charge in [0.15, 0.2) is 0 Å². The van der Waals surface area contributed by atoms with Gasteiger partial charge in [0.25, 0.3) is 5.69 Å². The minimum atomic E-state index is -3.96. The maximum atomic E-state index is 13.0. The van der Waals surface area contributed by atoms with Gasteiger partial charge in [-0.15, -0.1) is 17.9 Å². The van der Waals surface area contributed by atoms with Crippen LogP contribution in [-0.4, -0.2) is 31.3 Å². The average Bonchev–Trinajstić information content (AvgIpc) is 2.98. The molecule has 1 heterocycles. The number of rotatable bonds is 8. The van der Waals surface area contributed by atoms with Crippen molar-refractivity contribution in [1.29, 1.82) is 0 Å². The Morgan fingerprint density at radius 1 is 1.40 bits per heavy atom. The lowest BCUT2D eigenvalue weighted by molar-refractivity contribution is -0.385. The molecular formula is C15H15ClN2O5S2. The third kappa shape index (κ3) is 4.37. The largest absolute Gasteiger partial charge is 0.495 e. The van der Waals surface area contributed by atoms with Gasteiger partial charge in [-0.3, -0.25) is 10.1 Å². The zero-order chi connectivity index (χ0) is 18.6. The fourth-order valence-corrected chi connectivity index (χ4v) is 4.83. The van der Waals surface area contributed by atoms with E-state index in [-0.39, 0.29) is 29.4 Å². The van der Waals surface area contributed by atoms with E-state index in [2.05, 4.69) is 6.58 Å². The second kappa shape index (κ2) is 7.96. The monoisotopic (exact) mass is 402 g/mol. The summed E-state index contributed by atoms with van der Waals surface area (Å²) in [4.78, 5) is 10.9. The van der Waals surface area contributed by atoms with Gasteiger partial charge in [-0.25, -0.2) is 8.42 Å². The van der Waals surface area contributed by atoms with Gasteiger partial charge in [-0.1, -0.05) is 17.7 Å². The molecule has 0 radical (unpaired) electrons. The van der Waals surface area contributed by atoms with Crippen LogP contribution in [0.2, 0.25) is 4.34 Å². The highest BCUT2D eigenvalue weighted by atomic mass is 35.5. The quantitative estimate of drug-likeness (QED) is 0.381. The topological polar surface area (TPSA) is 89.8 Å². The molecule has 7 nitrogen and oxygen atoms in total. The van der Waals surface area contributed by atoms with E-state index in [0.29, 0.717) is 4.34 Å². The van der Waals surface area contributed by atoms with E-state index >= 15 is 0 Å². The molecule has 0 aliphatic heterocycles. The van der Waals surface area contributed by atoms with Crippen molar-refractivity contribution in [2.75, 3.05) is 13.7 Å². The second-order valence-corrected chi connectivity index (χ2v) is 8.59. The summed E-state index contributed by atoms with van der Waals surface area (Å²) in [5.41, 5.74) is -0.254. The lowest BCUT2D eigenvalue weighted by atomic mass is 10.3. The molecule has 10 heteroatoms. The van der Waals surface area contributed by atoms with Gasteiger partial charge in [0, 0.05) is 24.0 Å². The van der Waals surface area contributed by atoms with Crippen molar-refractivity contribution in [3.05, 3.63) is 62.3 Å². The third-order valence-electron chi connectivity index (χ3n) is 3.27. The van der Waals surface area contributed by atoms with Crippen molar-refractivity contribution in [1.82, 2.24) is 4.31 Å².